The van der Waals surface area contributed by atoms with Gasteiger partial charge in [0.25, 0.3) is 5.91 Å². The standard InChI is InChI=1S/C17H18N6O/c1-3-4-8-17(21-22-17)9-10-18-16(24)15-7-5-6-14(20-15)13-11-19-23(2)12-13/h1,5-7,11-12H,4,8-10H2,2H3,(H,18,24). The van der Waals surface area contributed by atoms with Crippen molar-refractivity contribution in [1.82, 2.24) is 20.1 Å². The molecule has 2 aromatic rings. The summed E-state index contributed by atoms with van der Waals surface area (Å²) in [4.78, 5) is 16.7. The Morgan fingerprint density at radius 3 is 2.88 bits per heavy atom. The Hall–Kier alpha value is -3.01. The number of hydrogen-bond acceptors (Lipinski definition) is 5. The minimum atomic E-state index is -0.384. The molecular weight excluding hydrogens is 304 g/mol. The Morgan fingerprint density at radius 1 is 1.38 bits per heavy atom. The van der Waals surface area contributed by atoms with Crippen molar-refractivity contribution < 1.29 is 4.79 Å². The SMILES string of the molecule is C#CCCC1(CCNC(=O)c2cccc(-c3cnn(C)c3)n2)N=N1. The first-order valence-corrected chi connectivity index (χ1v) is 7.74. The van der Waals surface area contributed by atoms with Crippen molar-refractivity contribution in [2.45, 2.75) is 24.9 Å². The van der Waals surface area contributed by atoms with Gasteiger partial charge in [0.2, 0.25) is 0 Å². The summed E-state index contributed by atoms with van der Waals surface area (Å²) in [6, 6.07) is 5.35. The van der Waals surface area contributed by atoms with E-state index in [9.17, 15) is 4.79 Å². The highest BCUT2D eigenvalue weighted by atomic mass is 16.1. The van der Waals surface area contributed by atoms with Gasteiger partial charge in [-0.1, -0.05) is 6.07 Å². The molecule has 7 heteroatoms. The van der Waals surface area contributed by atoms with E-state index in [1.54, 1.807) is 16.9 Å². The molecule has 3 rings (SSSR count). The molecule has 0 aromatic carbocycles. The molecule has 3 heterocycles. The van der Waals surface area contributed by atoms with Gasteiger partial charge in [0.05, 0.1) is 11.9 Å². The molecule has 0 spiro atoms. The molecule has 24 heavy (non-hydrogen) atoms. The largest absolute Gasteiger partial charge is 0.351 e. The van der Waals surface area contributed by atoms with Gasteiger partial charge in [-0.3, -0.25) is 9.48 Å². The first-order valence-electron chi connectivity index (χ1n) is 7.74. The van der Waals surface area contributed by atoms with Crippen LogP contribution in [-0.4, -0.2) is 32.9 Å². The molecule has 0 saturated carbocycles. The average Bonchev–Trinajstić information content (AvgIpc) is 3.23. The minimum Gasteiger partial charge on any atom is -0.351 e. The van der Waals surface area contributed by atoms with Crippen LogP contribution in [0.15, 0.2) is 40.8 Å². The van der Waals surface area contributed by atoms with Crippen molar-refractivity contribution in [1.29, 1.82) is 0 Å². The number of carbonyl (C=O) groups excluding carboxylic acids is 1. The van der Waals surface area contributed by atoms with E-state index in [2.05, 4.69) is 31.5 Å². The average molecular weight is 322 g/mol. The summed E-state index contributed by atoms with van der Waals surface area (Å²) >= 11 is 0. The summed E-state index contributed by atoms with van der Waals surface area (Å²) in [6.07, 6.45) is 10.9. The van der Waals surface area contributed by atoms with E-state index < -0.39 is 0 Å². The van der Waals surface area contributed by atoms with Gasteiger partial charge in [-0.2, -0.15) is 15.3 Å². The highest BCUT2D eigenvalue weighted by Crippen LogP contribution is 2.36. The highest BCUT2D eigenvalue weighted by Gasteiger charge is 2.38. The van der Waals surface area contributed by atoms with Crippen LogP contribution in [0.2, 0.25) is 0 Å². The molecule has 1 amide bonds. The van der Waals surface area contributed by atoms with Crippen molar-refractivity contribution in [3.63, 3.8) is 0 Å². The van der Waals surface area contributed by atoms with Crippen LogP contribution in [0, 0.1) is 12.3 Å². The number of carbonyl (C=O) groups is 1. The summed E-state index contributed by atoms with van der Waals surface area (Å²) in [6.45, 7) is 0.481. The first-order chi connectivity index (χ1) is 11.6. The van der Waals surface area contributed by atoms with Crippen molar-refractivity contribution in [2.75, 3.05) is 6.54 Å². The second kappa shape index (κ2) is 6.62. The van der Waals surface area contributed by atoms with Gasteiger partial charge in [0.1, 0.15) is 5.69 Å². The topological polar surface area (TPSA) is 84.5 Å². The normalized spacial score (nSPS) is 14.2. The predicted octanol–water partition coefficient (Wildman–Crippen LogP) is 2.18. The smallest absolute Gasteiger partial charge is 0.269 e. The Morgan fingerprint density at radius 2 is 2.21 bits per heavy atom. The predicted molar refractivity (Wildman–Crippen MR) is 89.0 cm³/mol. The zero-order valence-electron chi connectivity index (χ0n) is 13.4. The summed E-state index contributed by atoms with van der Waals surface area (Å²) in [7, 11) is 1.84. The number of terminal acetylenes is 1. The fourth-order valence-corrected chi connectivity index (χ4v) is 2.41. The molecule has 0 radical (unpaired) electrons. The van der Waals surface area contributed by atoms with Crippen LogP contribution < -0.4 is 5.32 Å². The van der Waals surface area contributed by atoms with Crippen LogP contribution in [0.5, 0.6) is 0 Å². The van der Waals surface area contributed by atoms with E-state index >= 15 is 0 Å². The number of nitrogens with zero attached hydrogens (tertiary/aromatic N) is 5. The van der Waals surface area contributed by atoms with Gasteiger partial charge in [-0.05, 0) is 12.1 Å². The molecule has 0 bridgehead atoms. The lowest BCUT2D eigenvalue weighted by Gasteiger charge is -2.10. The van der Waals surface area contributed by atoms with Gasteiger partial charge in [0, 0.05) is 44.6 Å². The Balaban J connectivity index is 1.57. The Kier molecular flexibility index (Phi) is 4.38. The minimum absolute atomic E-state index is 0.214. The maximum atomic E-state index is 12.3. The molecule has 2 aromatic heterocycles. The van der Waals surface area contributed by atoms with Crippen LogP contribution >= 0.6 is 0 Å². The van der Waals surface area contributed by atoms with Gasteiger partial charge in [-0.25, -0.2) is 4.98 Å². The van der Waals surface area contributed by atoms with Crippen molar-refractivity contribution >= 4 is 5.91 Å². The molecule has 122 valence electrons. The molecule has 0 atom stereocenters. The van der Waals surface area contributed by atoms with E-state index in [0.717, 1.165) is 12.0 Å². The zero-order valence-corrected chi connectivity index (χ0v) is 13.4. The molecule has 0 aliphatic carbocycles. The van der Waals surface area contributed by atoms with Crippen molar-refractivity contribution in [2.24, 2.45) is 17.3 Å². The van der Waals surface area contributed by atoms with Crippen LogP contribution in [0.4, 0.5) is 0 Å². The summed E-state index contributed by atoms with van der Waals surface area (Å²) < 4.78 is 1.70. The molecule has 1 aliphatic rings. The zero-order chi connectivity index (χ0) is 17.0. The number of amides is 1. The molecular formula is C17H18N6O. The van der Waals surface area contributed by atoms with Crippen LogP contribution in [0.3, 0.4) is 0 Å². The summed E-state index contributed by atoms with van der Waals surface area (Å²) in [5.74, 6) is 2.37. The summed E-state index contributed by atoms with van der Waals surface area (Å²) in [5.41, 5.74) is 1.58. The fraction of sp³-hybridized carbons (Fsp3) is 0.353. The van der Waals surface area contributed by atoms with Gasteiger partial charge in [-0.15, -0.1) is 12.3 Å². The first kappa shape index (κ1) is 15.9. The summed E-state index contributed by atoms with van der Waals surface area (Å²) in [5, 5.41) is 15.1. The number of pyridine rings is 1. The van der Waals surface area contributed by atoms with E-state index in [1.165, 1.54) is 0 Å². The molecule has 1 N–H and O–H groups in total. The molecule has 7 nitrogen and oxygen atoms in total. The lowest BCUT2D eigenvalue weighted by molar-refractivity contribution is 0.0947. The molecule has 0 fully saturated rings. The Labute approximate surface area is 140 Å². The van der Waals surface area contributed by atoms with Gasteiger partial charge in [0.15, 0.2) is 5.66 Å². The van der Waals surface area contributed by atoms with Crippen LogP contribution in [0.1, 0.15) is 29.8 Å². The monoisotopic (exact) mass is 322 g/mol. The maximum absolute atomic E-state index is 12.3. The van der Waals surface area contributed by atoms with Crippen LogP contribution in [0.25, 0.3) is 11.3 Å². The van der Waals surface area contributed by atoms with Gasteiger partial charge >= 0.3 is 0 Å². The van der Waals surface area contributed by atoms with Gasteiger partial charge < -0.3 is 5.32 Å². The number of aryl methyl sites for hydroxylation is 1. The molecule has 0 saturated heterocycles. The molecule has 1 aliphatic heterocycles. The van der Waals surface area contributed by atoms with E-state index in [0.29, 0.717) is 30.8 Å². The van der Waals surface area contributed by atoms with E-state index in [4.69, 9.17) is 6.42 Å². The number of hydrogen-bond donors (Lipinski definition) is 1. The third kappa shape index (κ3) is 3.66. The van der Waals surface area contributed by atoms with Crippen molar-refractivity contribution in [3.05, 3.63) is 36.3 Å². The molecule has 0 unspecified atom stereocenters. The second-order valence-corrected chi connectivity index (χ2v) is 5.70. The number of nitrogens with one attached hydrogen (secondary N) is 1. The second-order valence-electron chi connectivity index (χ2n) is 5.70. The number of rotatable bonds is 7. The third-order valence-electron chi connectivity index (χ3n) is 3.85. The van der Waals surface area contributed by atoms with Crippen LogP contribution in [-0.2, 0) is 7.05 Å². The van der Waals surface area contributed by atoms with Crippen molar-refractivity contribution in [3.8, 4) is 23.6 Å². The lowest BCUT2D eigenvalue weighted by atomic mass is 10.0. The highest BCUT2D eigenvalue weighted by molar-refractivity contribution is 5.92. The van der Waals surface area contributed by atoms with E-state index in [-0.39, 0.29) is 11.6 Å². The number of aromatic nitrogens is 3. The Bertz CT molecular complexity index is 810. The fourth-order valence-electron chi connectivity index (χ4n) is 2.41. The quantitative estimate of drug-likeness (QED) is 0.793. The lowest BCUT2D eigenvalue weighted by Crippen LogP contribution is -2.29. The van der Waals surface area contributed by atoms with E-state index in [1.807, 2.05) is 25.4 Å². The maximum Gasteiger partial charge on any atom is 0.269 e. The third-order valence-corrected chi connectivity index (χ3v) is 3.85.